The molecule has 0 amide bonds. The fourth-order valence-corrected chi connectivity index (χ4v) is 4.38. The smallest absolute Gasteiger partial charge is 0.233 e. The quantitative estimate of drug-likeness (QED) is 0.838. The van der Waals surface area contributed by atoms with E-state index in [4.69, 9.17) is 0 Å². The van der Waals surface area contributed by atoms with Gasteiger partial charge in [0, 0.05) is 0 Å². The van der Waals surface area contributed by atoms with E-state index in [2.05, 4.69) is 4.72 Å². The number of hydrogen-bond donors (Lipinski definition) is 2. The maximum atomic E-state index is 12.2. The summed E-state index contributed by atoms with van der Waals surface area (Å²) in [5.74, 6) is 0.671. The van der Waals surface area contributed by atoms with Crippen LogP contribution in [0.15, 0.2) is 12.1 Å². The van der Waals surface area contributed by atoms with E-state index in [0.717, 1.165) is 31.2 Å². The predicted octanol–water partition coefficient (Wildman–Crippen LogP) is 3.33. The molecule has 2 N–H and O–H groups in total. The van der Waals surface area contributed by atoms with Gasteiger partial charge in [-0.2, -0.15) is 0 Å². The summed E-state index contributed by atoms with van der Waals surface area (Å²) in [6.45, 7) is 3.55. The van der Waals surface area contributed by atoms with E-state index in [-0.39, 0.29) is 17.4 Å². The highest BCUT2D eigenvalue weighted by atomic mass is 32.2. The summed E-state index contributed by atoms with van der Waals surface area (Å²) in [6.07, 6.45) is 5.51. The van der Waals surface area contributed by atoms with E-state index in [1.165, 1.54) is 6.42 Å². The first-order valence-electron chi connectivity index (χ1n) is 7.18. The zero-order chi connectivity index (χ0) is 14.8. The Morgan fingerprint density at radius 3 is 2.45 bits per heavy atom. The van der Waals surface area contributed by atoms with E-state index in [0.29, 0.717) is 11.3 Å². The van der Waals surface area contributed by atoms with Crippen molar-refractivity contribution in [3.63, 3.8) is 0 Å². The minimum Gasteiger partial charge on any atom is -0.508 e. The molecule has 20 heavy (non-hydrogen) atoms. The van der Waals surface area contributed by atoms with Gasteiger partial charge >= 0.3 is 0 Å². The average Bonchev–Trinajstić information content (AvgIpc) is 2.36. The number of phenols is 1. The highest BCUT2D eigenvalue weighted by Gasteiger charge is 2.22. The second kappa shape index (κ2) is 6.04. The molecule has 112 valence electrons. The van der Waals surface area contributed by atoms with Crippen LogP contribution >= 0.6 is 0 Å². The normalized spacial score (nSPS) is 17.1. The summed E-state index contributed by atoms with van der Waals surface area (Å²) in [6, 6.07) is 3.27. The van der Waals surface area contributed by atoms with Crippen molar-refractivity contribution in [2.45, 2.75) is 46.0 Å². The van der Waals surface area contributed by atoms with Crippen molar-refractivity contribution in [2.24, 2.45) is 5.92 Å². The fraction of sp³-hybridized carbons (Fsp3) is 0.600. The molecule has 1 saturated carbocycles. The Balaban J connectivity index is 2.09. The molecule has 0 bridgehead atoms. The highest BCUT2D eigenvalue weighted by Crippen LogP contribution is 2.28. The van der Waals surface area contributed by atoms with Crippen LogP contribution in [0.5, 0.6) is 5.75 Å². The van der Waals surface area contributed by atoms with Gasteiger partial charge in [0.05, 0.1) is 11.4 Å². The van der Waals surface area contributed by atoms with Crippen LogP contribution in [0.3, 0.4) is 0 Å². The van der Waals surface area contributed by atoms with Gasteiger partial charge in [-0.3, -0.25) is 4.72 Å². The summed E-state index contributed by atoms with van der Waals surface area (Å²) >= 11 is 0. The highest BCUT2D eigenvalue weighted by molar-refractivity contribution is 7.92. The number of sulfonamides is 1. The number of hydrogen-bond acceptors (Lipinski definition) is 3. The Kier molecular flexibility index (Phi) is 4.58. The topological polar surface area (TPSA) is 66.4 Å². The third-order valence-corrected chi connectivity index (χ3v) is 5.43. The number of benzene rings is 1. The number of rotatable bonds is 4. The summed E-state index contributed by atoms with van der Waals surface area (Å²) in [7, 11) is -3.32. The van der Waals surface area contributed by atoms with Crippen LogP contribution in [0.25, 0.3) is 0 Å². The van der Waals surface area contributed by atoms with Crippen LogP contribution in [0.4, 0.5) is 5.69 Å². The molecule has 0 radical (unpaired) electrons. The lowest BCUT2D eigenvalue weighted by Gasteiger charge is -2.22. The van der Waals surface area contributed by atoms with Crippen LogP contribution < -0.4 is 4.72 Å². The number of phenolic OH excluding ortho intramolecular Hbond substituents is 1. The van der Waals surface area contributed by atoms with E-state index in [1.54, 1.807) is 26.0 Å². The molecular formula is C15H23NO3S. The molecule has 0 atom stereocenters. The maximum absolute atomic E-state index is 12.2. The molecular weight excluding hydrogens is 274 g/mol. The lowest BCUT2D eigenvalue weighted by atomic mass is 9.91. The van der Waals surface area contributed by atoms with Crippen molar-refractivity contribution in [2.75, 3.05) is 10.5 Å². The van der Waals surface area contributed by atoms with Gasteiger partial charge in [-0.05, 0) is 55.9 Å². The van der Waals surface area contributed by atoms with E-state index < -0.39 is 10.0 Å². The Hall–Kier alpha value is -1.23. The van der Waals surface area contributed by atoms with Crippen molar-refractivity contribution >= 4 is 15.7 Å². The third-order valence-electron chi connectivity index (χ3n) is 3.99. The molecule has 0 aromatic heterocycles. The van der Waals surface area contributed by atoms with Gasteiger partial charge in [0.15, 0.2) is 0 Å². The lowest BCUT2D eigenvalue weighted by Crippen LogP contribution is -2.24. The Morgan fingerprint density at radius 1 is 1.15 bits per heavy atom. The zero-order valence-corrected chi connectivity index (χ0v) is 13.0. The predicted molar refractivity (Wildman–Crippen MR) is 81.6 cm³/mol. The Labute approximate surface area is 121 Å². The number of aryl methyl sites for hydroxylation is 2. The third kappa shape index (κ3) is 3.88. The van der Waals surface area contributed by atoms with Gasteiger partial charge in [-0.25, -0.2) is 8.42 Å². The van der Waals surface area contributed by atoms with Gasteiger partial charge in [0.25, 0.3) is 0 Å². The van der Waals surface area contributed by atoms with Crippen molar-refractivity contribution in [1.82, 2.24) is 0 Å². The monoisotopic (exact) mass is 297 g/mol. The molecule has 0 spiro atoms. The molecule has 1 aliphatic carbocycles. The molecule has 4 nitrogen and oxygen atoms in total. The van der Waals surface area contributed by atoms with Crippen LogP contribution in [0.1, 0.15) is 43.2 Å². The van der Waals surface area contributed by atoms with Crippen molar-refractivity contribution < 1.29 is 13.5 Å². The molecule has 0 unspecified atom stereocenters. The van der Waals surface area contributed by atoms with Crippen LogP contribution in [-0.4, -0.2) is 19.3 Å². The molecule has 1 aromatic carbocycles. The van der Waals surface area contributed by atoms with E-state index in [9.17, 15) is 13.5 Å². The molecule has 0 saturated heterocycles. The van der Waals surface area contributed by atoms with Gasteiger partial charge in [0.1, 0.15) is 5.75 Å². The van der Waals surface area contributed by atoms with Crippen LogP contribution in [-0.2, 0) is 10.0 Å². The first-order valence-corrected chi connectivity index (χ1v) is 8.83. The van der Waals surface area contributed by atoms with Crippen LogP contribution in [0.2, 0.25) is 0 Å². The van der Waals surface area contributed by atoms with Gasteiger partial charge in [-0.1, -0.05) is 19.3 Å². The minimum absolute atomic E-state index is 0.192. The SMILES string of the molecule is Cc1cc(NS(=O)(=O)CC2CCCCC2)c(C)cc1O. The standard InChI is InChI=1S/C15H23NO3S/c1-11-9-15(17)12(2)8-14(11)16-20(18,19)10-13-6-4-3-5-7-13/h8-9,13,16-17H,3-7,10H2,1-2H3. The summed E-state index contributed by atoms with van der Waals surface area (Å²) in [5, 5.41) is 9.61. The minimum atomic E-state index is -3.32. The van der Waals surface area contributed by atoms with E-state index >= 15 is 0 Å². The molecule has 0 heterocycles. The van der Waals surface area contributed by atoms with Crippen molar-refractivity contribution in [3.05, 3.63) is 23.3 Å². The second-order valence-electron chi connectivity index (χ2n) is 5.84. The zero-order valence-electron chi connectivity index (χ0n) is 12.1. The molecule has 5 heteroatoms. The van der Waals surface area contributed by atoms with Crippen molar-refractivity contribution in [3.8, 4) is 5.75 Å². The molecule has 1 fully saturated rings. The van der Waals surface area contributed by atoms with Crippen LogP contribution in [0, 0.1) is 19.8 Å². The first-order chi connectivity index (χ1) is 9.37. The van der Waals surface area contributed by atoms with E-state index in [1.807, 2.05) is 0 Å². The summed E-state index contributed by atoms with van der Waals surface area (Å²) < 4.78 is 27.1. The molecule has 0 aliphatic heterocycles. The lowest BCUT2D eigenvalue weighted by molar-refractivity contribution is 0.385. The van der Waals surface area contributed by atoms with Gasteiger partial charge < -0.3 is 5.11 Å². The molecule has 2 rings (SSSR count). The summed E-state index contributed by atoms with van der Waals surface area (Å²) in [5.41, 5.74) is 1.97. The molecule has 1 aromatic rings. The van der Waals surface area contributed by atoms with Gasteiger partial charge in [-0.15, -0.1) is 0 Å². The largest absolute Gasteiger partial charge is 0.508 e. The van der Waals surface area contributed by atoms with Crippen molar-refractivity contribution in [1.29, 1.82) is 0 Å². The maximum Gasteiger partial charge on any atom is 0.233 e. The fourth-order valence-electron chi connectivity index (χ4n) is 2.78. The number of aromatic hydroxyl groups is 1. The first kappa shape index (κ1) is 15.2. The number of nitrogens with one attached hydrogen (secondary N) is 1. The Morgan fingerprint density at radius 2 is 1.80 bits per heavy atom. The number of anilines is 1. The summed E-state index contributed by atoms with van der Waals surface area (Å²) in [4.78, 5) is 0. The molecule has 1 aliphatic rings. The Bertz CT molecular complexity index is 575. The average molecular weight is 297 g/mol. The second-order valence-corrected chi connectivity index (χ2v) is 7.61. The van der Waals surface area contributed by atoms with Gasteiger partial charge in [0.2, 0.25) is 10.0 Å².